The van der Waals surface area contributed by atoms with E-state index >= 15 is 0 Å². The van der Waals surface area contributed by atoms with Crippen LogP contribution in [0.2, 0.25) is 0 Å². The second kappa shape index (κ2) is 2.89. The molecule has 1 aliphatic carbocycles. The molecule has 0 bridgehead atoms. The predicted octanol–water partition coefficient (Wildman–Crippen LogP) is 3.55. The van der Waals surface area contributed by atoms with Crippen molar-refractivity contribution >= 4 is 12.6 Å². The van der Waals surface area contributed by atoms with Crippen molar-refractivity contribution in [3.63, 3.8) is 0 Å². The third-order valence-electron chi connectivity index (χ3n) is 2.80. The Hall–Kier alpha value is -1.21. The van der Waals surface area contributed by atoms with E-state index in [9.17, 15) is 0 Å². The fraction of sp³-hybridized carbons (Fsp3) is 0.0769. The third kappa shape index (κ3) is 1.02. The number of hydrogen-bond donors (Lipinski definition) is 1. The molecule has 0 nitrogen and oxygen atoms in total. The van der Waals surface area contributed by atoms with Crippen molar-refractivity contribution in [1.82, 2.24) is 0 Å². The summed E-state index contributed by atoms with van der Waals surface area (Å²) in [5.41, 5.74) is 5.50. The molecule has 0 aromatic heterocycles. The number of fused-ring (bicyclic) bond motifs is 3. The summed E-state index contributed by atoms with van der Waals surface area (Å²) in [6, 6.07) is 14.9. The van der Waals surface area contributed by atoms with Gasteiger partial charge in [-0.2, -0.15) is 0 Å². The summed E-state index contributed by atoms with van der Waals surface area (Å²) in [6.07, 6.45) is 1.06. The van der Waals surface area contributed by atoms with Crippen molar-refractivity contribution in [1.29, 1.82) is 0 Å². The molecule has 0 aliphatic heterocycles. The average Bonchev–Trinajstić information content (AvgIpc) is 2.57. The lowest BCUT2D eigenvalue weighted by Gasteiger charge is -2.03. The largest absolute Gasteiger partial charge is 0.143 e. The minimum atomic E-state index is 1.06. The maximum Gasteiger partial charge on any atom is 0.0122 e. The Balaban J connectivity index is 2.35. The van der Waals surface area contributed by atoms with Crippen LogP contribution in [0.3, 0.4) is 0 Å². The Morgan fingerprint density at radius 2 is 1.64 bits per heavy atom. The fourth-order valence-electron chi connectivity index (χ4n) is 2.17. The molecule has 2 aromatic carbocycles. The van der Waals surface area contributed by atoms with Crippen LogP contribution in [0.4, 0.5) is 0 Å². The molecule has 3 rings (SSSR count). The van der Waals surface area contributed by atoms with Gasteiger partial charge in [0.15, 0.2) is 0 Å². The first-order valence-electron chi connectivity index (χ1n) is 4.75. The minimum absolute atomic E-state index is 1.06. The van der Waals surface area contributed by atoms with E-state index in [1.54, 1.807) is 0 Å². The standard InChI is InChI=1S/C13H10S/c14-12-7-3-5-10-8-9-4-1-2-6-11(9)13(10)12/h1-7,14H,8H2. The van der Waals surface area contributed by atoms with E-state index in [4.69, 9.17) is 0 Å². The van der Waals surface area contributed by atoms with Gasteiger partial charge in [-0.15, -0.1) is 12.6 Å². The van der Waals surface area contributed by atoms with Gasteiger partial charge < -0.3 is 0 Å². The Morgan fingerprint density at radius 1 is 0.857 bits per heavy atom. The van der Waals surface area contributed by atoms with E-state index in [0.29, 0.717) is 0 Å². The zero-order valence-electron chi connectivity index (χ0n) is 7.70. The zero-order chi connectivity index (χ0) is 9.54. The summed E-state index contributed by atoms with van der Waals surface area (Å²) < 4.78 is 0. The lowest BCUT2D eigenvalue weighted by atomic mass is 10.1. The van der Waals surface area contributed by atoms with Crippen LogP contribution >= 0.6 is 12.6 Å². The molecule has 1 aliphatic rings. The first kappa shape index (κ1) is 8.13. The van der Waals surface area contributed by atoms with Gasteiger partial charge >= 0.3 is 0 Å². The Kier molecular flexibility index (Phi) is 1.68. The fourth-order valence-corrected chi connectivity index (χ4v) is 2.52. The summed E-state index contributed by atoms with van der Waals surface area (Å²) >= 11 is 4.51. The second-order valence-electron chi connectivity index (χ2n) is 3.65. The highest BCUT2D eigenvalue weighted by molar-refractivity contribution is 7.80. The zero-order valence-corrected chi connectivity index (χ0v) is 8.59. The van der Waals surface area contributed by atoms with Gasteiger partial charge in [0.25, 0.3) is 0 Å². The summed E-state index contributed by atoms with van der Waals surface area (Å²) in [5, 5.41) is 0. The van der Waals surface area contributed by atoms with Crippen LogP contribution in [0.1, 0.15) is 11.1 Å². The molecule has 0 amide bonds. The Labute approximate surface area is 89.0 Å². The van der Waals surface area contributed by atoms with Crippen molar-refractivity contribution in [3.05, 3.63) is 53.6 Å². The molecule has 0 heterocycles. The maximum absolute atomic E-state index is 4.51. The third-order valence-corrected chi connectivity index (χ3v) is 3.17. The molecule has 0 saturated carbocycles. The molecule has 68 valence electrons. The maximum atomic E-state index is 4.51. The first-order chi connectivity index (χ1) is 6.86. The van der Waals surface area contributed by atoms with Crippen LogP contribution in [0.25, 0.3) is 11.1 Å². The molecule has 1 heteroatoms. The molecule has 0 radical (unpaired) electrons. The summed E-state index contributed by atoms with van der Waals surface area (Å²) in [5.74, 6) is 0. The van der Waals surface area contributed by atoms with Crippen LogP contribution in [-0.2, 0) is 6.42 Å². The molecule has 2 aromatic rings. The van der Waals surface area contributed by atoms with Crippen LogP contribution in [0, 0.1) is 0 Å². The molecular formula is C13H10S. The quantitative estimate of drug-likeness (QED) is 0.525. The van der Waals surface area contributed by atoms with E-state index in [0.717, 1.165) is 11.3 Å². The van der Waals surface area contributed by atoms with Crippen LogP contribution < -0.4 is 0 Å². The summed E-state index contributed by atoms with van der Waals surface area (Å²) in [6.45, 7) is 0. The minimum Gasteiger partial charge on any atom is -0.143 e. The second-order valence-corrected chi connectivity index (χ2v) is 4.13. The summed E-state index contributed by atoms with van der Waals surface area (Å²) in [7, 11) is 0. The van der Waals surface area contributed by atoms with Crippen molar-refractivity contribution in [3.8, 4) is 11.1 Å². The Morgan fingerprint density at radius 3 is 2.57 bits per heavy atom. The molecule has 0 spiro atoms. The van der Waals surface area contributed by atoms with Gasteiger partial charge in [0.1, 0.15) is 0 Å². The van der Waals surface area contributed by atoms with Crippen molar-refractivity contribution < 1.29 is 0 Å². The monoisotopic (exact) mass is 198 g/mol. The van der Waals surface area contributed by atoms with E-state index in [1.807, 2.05) is 0 Å². The molecule has 0 atom stereocenters. The lowest BCUT2D eigenvalue weighted by molar-refractivity contribution is 1.25. The van der Waals surface area contributed by atoms with Crippen LogP contribution in [-0.4, -0.2) is 0 Å². The highest BCUT2D eigenvalue weighted by Crippen LogP contribution is 2.39. The smallest absolute Gasteiger partial charge is 0.0122 e. The van der Waals surface area contributed by atoms with E-state index in [2.05, 4.69) is 55.1 Å². The molecule has 0 saturated heterocycles. The molecular weight excluding hydrogens is 188 g/mol. The first-order valence-corrected chi connectivity index (χ1v) is 5.20. The van der Waals surface area contributed by atoms with Gasteiger partial charge in [0.05, 0.1) is 0 Å². The number of hydrogen-bond acceptors (Lipinski definition) is 1. The number of thiol groups is 1. The number of benzene rings is 2. The van der Waals surface area contributed by atoms with Crippen molar-refractivity contribution in [2.45, 2.75) is 11.3 Å². The number of rotatable bonds is 0. The van der Waals surface area contributed by atoms with E-state index in [1.165, 1.54) is 22.3 Å². The summed E-state index contributed by atoms with van der Waals surface area (Å²) in [4.78, 5) is 1.09. The van der Waals surface area contributed by atoms with Gasteiger partial charge in [0.2, 0.25) is 0 Å². The van der Waals surface area contributed by atoms with Crippen molar-refractivity contribution in [2.24, 2.45) is 0 Å². The van der Waals surface area contributed by atoms with Gasteiger partial charge in [-0.25, -0.2) is 0 Å². The van der Waals surface area contributed by atoms with E-state index < -0.39 is 0 Å². The highest BCUT2D eigenvalue weighted by Gasteiger charge is 2.18. The average molecular weight is 198 g/mol. The van der Waals surface area contributed by atoms with Gasteiger partial charge in [0, 0.05) is 4.90 Å². The highest BCUT2D eigenvalue weighted by atomic mass is 32.1. The van der Waals surface area contributed by atoms with Gasteiger partial charge in [-0.05, 0) is 34.7 Å². The lowest BCUT2D eigenvalue weighted by Crippen LogP contribution is -1.79. The molecule has 0 fully saturated rings. The van der Waals surface area contributed by atoms with Gasteiger partial charge in [-0.1, -0.05) is 36.4 Å². The Bertz CT molecular complexity index is 500. The topological polar surface area (TPSA) is 0 Å². The van der Waals surface area contributed by atoms with Gasteiger partial charge in [-0.3, -0.25) is 0 Å². The predicted molar refractivity (Wildman–Crippen MR) is 61.9 cm³/mol. The normalized spacial score (nSPS) is 12.4. The molecule has 0 unspecified atom stereocenters. The van der Waals surface area contributed by atoms with Crippen LogP contribution in [0.5, 0.6) is 0 Å². The molecule has 0 N–H and O–H groups in total. The molecule has 14 heavy (non-hydrogen) atoms. The van der Waals surface area contributed by atoms with E-state index in [-0.39, 0.29) is 0 Å². The van der Waals surface area contributed by atoms with Crippen molar-refractivity contribution in [2.75, 3.05) is 0 Å². The SMILES string of the molecule is Sc1cccc2c1-c1ccccc1C2. The van der Waals surface area contributed by atoms with Crippen LogP contribution in [0.15, 0.2) is 47.4 Å².